The van der Waals surface area contributed by atoms with Crippen molar-refractivity contribution >= 4 is 153 Å². The van der Waals surface area contributed by atoms with Crippen LogP contribution in [-0.4, -0.2) is 191 Å². The number of aliphatic imine (C=N–C) groups is 4. The molecule has 776 valence electrons. The third-order valence-electron chi connectivity index (χ3n) is 25.8. The second-order valence-electron chi connectivity index (χ2n) is 35.7. The lowest BCUT2D eigenvalue weighted by Gasteiger charge is -2.22. The number of hydrogen-bond donors (Lipinski definition) is 5. The molecule has 35 nitrogen and oxygen atoms in total. The molecule has 0 fully saturated rings. The van der Waals surface area contributed by atoms with E-state index in [2.05, 4.69) is 30.4 Å². The van der Waals surface area contributed by atoms with Gasteiger partial charge in [0.25, 0.3) is 23.6 Å². The van der Waals surface area contributed by atoms with Crippen LogP contribution < -0.4 is 69.7 Å². The van der Waals surface area contributed by atoms with E-state index in [1.807, 2.05) is 129 Å². The number of ether oxygens (including phenoxy) is 8. The number of benzene rings is 10. The molecular weight excluding hydrogens is 1910 g/mol. The number of aryl methyl sites for hydroxylation is 2. The Hall–Kier alpha value is -17.0. The van der Waals surface area contributed by atoms with Crippen LogP contribution in [0.15, 0.2) is 202 Å². The zero-order valence-corrected chi connectivity index (χ0v) is 80.6. The maximum absolute atomic E-state index is 14.0. The number of anilines is 4. The number of rotatable bonds is 37. The highest BCUT2D eigenvalue weighted by atomic mass is 16.5. The Morgan fingerprint density at radius 2 is 0.671 bits per heavy atom. The molecule has 10 aromatic rings. The summed E-state index contributed by atoms with van der Waals surface area (Å²) in [6.07, 6.45) is 10.2. The minimum atomic E-state index is -1.09. The molecule has 149 heavy (non-hydrogen) atoms. The number of nitrogens with zero attached hydrogens (tertiary/aromatic N) is 8. The smallest absolute Gasteiger partial charge is 0.335 e. The summed E-state index contributed by atoms with van der Waals surface area (Å²) in [5.74, 6) is -2.56. The fourth-order valence-electron chi connectivity index (χ4n) is 18.3. The van der Waals surface area contributed by atoms with Gasteiger partial charge >= 0.3 is 17.9 Å². The number of fused-ring (bicyclic) bond motifs is 16. The van der Waals surface area contributed by atoms with E-state index >= 15 is 0 Å². The minimum absolute atomic E-state index is 0. The largest absolute Gasteiger partial charge is 0.493 e. The molecule has 0 bridgehead atoms. The van der Waals surface area contributed by atoms with Crippen molar-refractivity contribution in [2.24, 2.45) is 25.7 Å². The zero-order valence-electron chi connectivity index (χ0n) is 80.6. The van der Waals surface area contributed by atoms with Crippen molar-refractivity contribution in [2.45, 2.75) is 184 Å². The van der Waals surface area contributed by atoms with Gasteiger partial charge in [0.2, 0.25) is 17.7 Å². The molecule has 35 heteroatoms. The number of carbonyl (C=O) groups is 14. The van der Waals surface area contributed by atoms with Crippen LogP contribution in [0.4, 0.5) is 45.5 Å². The predicted molar refractivity (Wildman–Crippen MR) is 566 cm³/mol. The lowest BCUT2D eigenvalue weighted by molar-refractivity contribution is -0.141. The first kappa shape index (κ1) is 111. The summed E-state index contributed by atoms with van der Waals surface area (Å²) in [5, 5.41) is 17.4. The first-order valence-corrected chi connectivity index (χ1v) is 47.4. The normalized spacial score (nSPS) is 15.2. The van der Waals surface area contributed by atoms with Crippen LogP contribution >= 0.6 is 0 Å². The number of carbonyl (C=O) groups excluding carboxylic acids is 13. The number of hydrogen-bond acceptors (Lipinski definition) is 27. The van der Waals surface area contributed by atoms with E-state index in [4.69, 9.17) is 49.1 Å². The Morgan fingerprint density at radius 1 is 0.356 bits per heavy atom. The first-order valence-electron chi connectivity index (χ1n) is 47.4. The number of nitrogens with one attached hydrogen (secondary N) is 3. The van der Waals surface area contributed by atoms with E-state index in [0.717, 1.165) is 50.6 Å². The molecule has 0 aliphatic carbocycles. The van der Waals surface area contributed by atoms with E-state index in [1.54, 1.807) is 111 Å². The number of carboxylic acids is 1. The van der Waals surface area contributed by atoms with Crippen molar-refractivity contribution in [1.29, 1.82) is 0 Å². The Kier molecular flexibility index (Phi) is 37.3. The molecule has 7 amide bonds. The lowest BCUT2D eigenvalue weighted by atomic mass is 10.0. The molecule has 0 aromatic heterocycles. The number of methoxy groups -OCH3 is 4. The average Bonchev–Trinajstić information content (AvgIpc) is 1.64. The van der Waals surface area contributed by atoms with Crippen LogP contribution in [0.2, 0.25) is 0 Å². The number of esters is 2. The van der Waals surface area contributed by atoms with Gasteiger partial charge < -0.3 is 64.7 Å². The van der Waals surface area contributed by atoms with Crippen molar-refractivity contribution in [3.8, 4) is 34.5 Å². The van der Waals surface area contributed by atoms with Crippen LogP contribution in [-0.2, 0) is 99.9 Å². The van der Waals surface area contributed by atoms with Gasteiger partial charge in [-0.2, -0.15) is 0 Å². The average molecular weight is 2030 g/mol. The fraction of sp³-hybridized carbons (Fsp3) is 0.316. The summed E-state index contributed by atoms with van der Waals surface area (Å²) < 4.78 is 45.6. The van der Waals surface area contributed by atoms with E-state index in [-0.39, 0.29) is 234 Å². The molecule has 4 atom stereocenters. The van der Waals surface area contributed by atoms with Crippen molar-refractivity contribution in [3.63, 3.8) is 0 Å². The van der Waals surface area contributed by atoms with Crippen molar-refractivity contribution in [3.05, 3.63) is 271 Å². The standard InChI is InChI=1S/C55H52N6O11.C43H34N4O7.C12H20N2O5.4CH4/c1-32-18-41-43(57-27-38-22-35-8-4-6-10-45(35)60(38)54(41)67)25-48(32)71-30-33-19-34(21-37(20-33)47(63)13-15-52(65)59-29-40(62)12-14-51(64)56-17-16-53(66)70-3)31-72-50-26-44-42(24-49(50)69-2)55(68)61-39(28-58-44)23-36-9-5-7-11-46(36)61;1-24-11-32-34(44-20-30-15-27-7-3-5-9-36(27)46(30)41(32)48)18-38(24)53-22-25-12-26(14-29(13-25)43(50)51)23-54-40-19-35-33(17-39(40)52-2)42(49)47-31(21-45-35)16-28-8-4-6-10-37(28)47;1-19-12(18)4-2-3-10(16)8-14-11(17)6-5-9(15)7-13;;;;/h4-11,18-21,24-28,38-39H,12-17,22-23,29-31H2,1-3H3,(H,56,64)(H,59,65);3-14,17-21,30-31H,15-16,22-23H2,1-2H3,(H,50,51);2-8,13H2,1H3,(H,14,17);4*1H4/t38-,39-;30-,31-;;;;;/m00...../s1. The number of para-hydroxylation sites is 4. The minimum Gasteiger partial charge on any atom is -0.493 e. The van der Waals surface area contributed by atoms with Gasteiger partial charge in [0.15, 0.2) is 40.3 Å². The number of nitrogens with two attached hydrogens (primary N) is 1. The fourth-order valence-corrected chi connectivity index (χ4v) is 18.3. The van der Waals surface area contributed by atoms with Gasteiger partial charge in [0.05, 0.1) is 129 Å². The molecule has 6 N–H and O–H groups in total. The van der Waals surface area contributed by atoms with E-state index in [0.29, 0.717) is 139 Å². The molecule has 8 heterocycles. The van der Waals surface area contributed by atoms with E-state index < -0.39 is 23.8 Å². The monoisotopic (exact) mass is 2030 g/mol. The summed E-state index contributed by atoms with van der Waals surface area (Å²) in [6, 6.07) is 54.4. The van der Waals surface area contributed by atoms with Crippen LogP contribution in [0.25, 0.3) is 0 Å². The highest BCUT2D eigenvalue weighted by Crippen LogP contribution is 2.47. The van der Waals surface area contributed by atoms with Gasteiger partial charge in [0, 0.05) is 161 Å². The lowest BCUT2D eigenvalue weighted by Crippen LogP contribution is -2.37. The maximum atomic E-state index is 14.0. The van der Waals surface area contributed by atoms with Gasteiger partial charge in [-0.25, -0.2) is 4.79 Å². The summed E-state index contributed by atoms with van der Waals surface area (Å²) in [5.41, 5.74) is 20.8. The summed E-state index contributed by atoms with van der Waals surface area (Å²) >= 11 is 0. The predicted octanol–water partition coefficient (Wildman–Crippen LogP) is 16.1. The summed E-state index contributed by atoms with van der Waals surface area (Å²) in [7, 11) is 5.52. The van der Waals surface area contributed by atoms with Gasteiger partial charge in [-0.1, -0.05) is 103 Å². The van der Waals surface area contributed by atoms with E-state index in [9.17, 15) is 72.2 Å². The first-order chi connectivity index (χ1) is 70.1. The topological polar surface area (TPSA) is 458 Å². The quantitative estimate of drug-likeness (QED) is 0.0178. The molecule has 8 aliphatic heterocycles. The van der Waals surface area contributed by atoms with Gasteiger partial charge in [0.1, 0.15) is 43.7 Å². The highest BCUT2D eigenvalue weighted by molar-refractivity contribution is 6.18. The Bertz CT molecular complexity index is 6990. The van der Waals surface area contributed by atoms with Crippen molar-refractivity contribution < 1.29 is 110 Å². The Morgan fingerprint density at radius 3 is 1.03 bits per heavy atom. The SMILES string of the molecule is C.C.C.C.COC(=O)CCCC(=O)CNC(=O)CCC(=O)CN.COC(=O)CCNC(=O)CCC(=O)CNC(=O)CCC(=O)c1cc(COc2cc3c(cc2C)C(=O)N2c4ccccc4C[C@H]2C=N3)cc(COc2cc3c(cc2OC)C(=O)N2c4ccccc4C[C@H]2C=N3)c1.COc1cc2c(cc1OCc1cc(COc3cc4c(cc3C)C(=O)N3c5ccccc5C[C@H]3C=N4)cc(C(=O)O)c1)N=C[C@@H]1Cc3ccccc3N1C2=O. The summed E-state index contributed by atoms with van der Waals surface area (Å²) in [4.78, 5) is 200. The van der Waals surface area contributed by atoms with Gasteiger partial charge in [-0.3, -0.25) is 102 Å². The number of carboxylic acid groups (broad SMARTS) is 1. The molecule has 0 unspecified atom stereocenters. The molecular formula is C114H122N12O23. The number of amides is 7. The van der Waals surface area contributed by atoms with Gasteiger partial charge in [-0.05, 0) is 161 Å². The molecule has 0 saturated carbocycles. The number of ketones is 4. The third-order valence-corrected chi connectivity index (χ3v) is 25.8. The maximum Gasteiger partial charge on any atom is 0.335 e. The second-order valence-corrected chi connectivity index (χ2v) is 35.7. The van der Waals surface area contributed by atoms with Crippen molar-refractivity contribution in [1.82, 2.24) is 16.0 Å². The van der Waals surface area contributed by atoms with E-state index in [1.165, 1.54) is 28.4 Å². The Balaban J connectivity index is 0.000000225. The van der Waals surface area contributed by atoms with Gasteiger partial charge in [-0.15, -0.1) is 0 Å². The van der Waals surface area contributed by atoms with Crippen LogP contribution in [0.3, 0.4) is 0 Å². The zero-order chi connectivity index (χ0) is 102. The Labute approximate surface area is 863 Å². The van der Waals surface area contributed by atoms with Crippen molar-refractivity contribution in [2.75, 3.05) is 74.2 Å². The van der Waals surface area contributed by atoms with Crippen LogP contribution in [0, 0.1) is 13.8 Å². The number of aromatic carboxylic acids is 1. The molecule has 0 spiro atoms. The van der Waals surface area contributed by atoms with Crippen LogP contribution in [0.5, 0.6) is 34.5 Å². The molecule has 8 aliphatic rings. The molecule has 10 aromatic carbocycles. The highest BCUT2D eigenvalue weighted by Gasteiger charge is 2.42. The molecule has 18 rings (SSSR count). The summed E-state index contributed by atoms with van der Waals surface area (Å²) in [6.45, 7) is 3.37. The van der Waals surface area contributed by atoms with Crippen LogP contribution in [0.1, 0.15) is 212 Å². The number of Topliss-reactive ketones (excluding diaryl/α,β-unsaturated/α-hetero) is 4. The molecule has 0 radical (unpaired) electrons. The molecule has 0 saturated heterocycles. The third kappa shape index (κ3) is 25.9. The second kappa shape index (κ2) is 50.2.